The summed E-state index contributed by atoms with van der Waals surface area (Å²) in [6.07, 6.45) is 0.925. The highest BCUT2D eigenvalue weighted by Gasteiger charge is 2.15. The van der Waals surface area contributed by atoms with Crippen molar-refractivity contribution in [2.45, 2.75) is 41.0 Å². The molecule has 0 spiro atoms. The highest BCUT2D eigenvalue weighted by atomic mass is 16.1. The molecule has 0 aromatic heterocycles. The van der Waals surface area contributed by atoms with Gasteiger partial charge in [-0.05, 0) is 62.4 Å². The second-order valence-corrected chi connectivity index (χ2v) is 4.44. The molecule has 0 aliphatic carbocycles. The number of hydrogen-bond donors (Lipinski definition) is 0. The second-order valence-electron chi connectivity index (χ2n) is 4.44. The number of carbonyl (C=O) groups is 1. The van der Waals surface area contributed by atoms with E-state index in [-0.39, 0.29) is 5.78 Å². The monoisotopic (exact) mass is 231 g/mol. The first kappa shape index (κ1) is 13.6. The first-order chi connectivity index (χ1) is 7.93. The van der Waals surface area contributed by atoms with Gasteiger partial charge >= 0.3 is 0 Å². The number of nitrogens with zero attached hydrogens (tertiary/aromatic N) is 1. The number of rotatable bonds is 3. The maximum atomic E-state index is 11.7. The maximum absolute atomic E-state index is 11.7. The molecule has 0 unspecified atom stereocenters. The molecule has 0 radical (unpaired) electrons. The summed E-state index contributed by atoms with van der Waals surface area (Å²) in [6, 6.07) is 2.09. The van der Waals surface area contributed by atoms with Crippen LogP contribution in [-0.4, -0.2) is 18.5 Å². The Balaban J connectivity index is 3.63. The average Bonchev–Trinajstić information content (AvgIpc) is 2.26. The molecule has 92 valence electrons. The molecule has 2 nitrogen and oxygen atoms in total. The number of aryl methyl sites for hydroxylation is 1. The Hall–Kier alpha value is -1.44. The molecule has 0 aliphatic rings. The summed E-state index contributed by atoms with van der Waals surface area (Å²) < 4.78 is 0. The SMILES string of the molecule is CCc1c(C(C)=NC)cc(C)c(C(C)=O)c1C. The predicted octanol–water partition coefficient (Wildman–Crippen LogP) is 3.51. The summed E-state index contributed by atoms with van der Waals surface area (Å²) in [6.45, 7) is 9.80. The van der Waals surface area contributed by atoms with Gasteiger partial charge in [0.05, 0.1) is 0 Å². The van der Waals surface area contributed by atoms with E-state index in [0.29, 0.717) is 0 Å². The summed E-state index contributed by atoms with van der Waals surface area (Å²) in [5, 5.41) is 0. The van der Waals surface area contributed by atoms with Crippen LogP contribution in [0.15, 0.2) is 11.1 Å². The van der Waals surface area contributed by atoms with Gasteiger partial charge < -0.3 is 0 Å². The van der Waals surface area contributed by atoms with Crippen molar-refractivity contribution in [1.82, 2.24) is 0 Å². The van der Waals surface area contributed by atoms with Crippen LogP contribution in [0.25, 0.3) is 0 Å². The van der Waals surface area contributed by atoms with Crippen LogP contribution < -0.4 is 0 Å². The molecule has 0 aliphatic heterocycles. The van der Waals surface area contributed by atoms with Crippen molar-refractivity contribution in [2.24, 2.45) is 4.99 Å². The molecule has 0 atom stereocenters. The first-order valence-electron chi connectivity index (χ1n) is 6.01. The summed E-state index contributed by atoms with van der Waals surface area (Å²) in [5.74, 6) is 0.146. The Labute approximate surface area is 104 Å². The minimum Gasteiger partial charge on any atom is -0.294 e. The molecule has 1 aromatic carbocycles. The Kier molecular flexibility index (Phi) is 4.22. The molecule has 0 fully saturated rings. The van der Waals surface area contributed by atoms with E-state index in [1.807, 2.05) is 20.8 Å². The van der Waals surface area contributed by atoms with Gasteiger partial charge in [0.2, 0.25) is 0 Å². The second kappa shape index (κ2) is 5.26. The van der Waals surface area contributed by atoms with Crippen molar-refractivity contribution in [2.75, 3.05) is 7.05 Å². The third-order valence-electron chi connectivity index (χ3n) is 3.34. The molecule has 0 amide bonds. The lowest BCUT2D eigenvalue weighted by Gasteiger charge is -2.16. The fourth-order valence-electron chi connectivity index (χ4n) is 2.47. The minimum absolute atomic E-state index is 0.146. The molecule has 1 aromatic rings. The van der Waals surface area contributed by atoms with Gasteiger partial charge in [-0.25, -0.2) is 0 Å². The van der Waals surface area contributed by atoms with Gasteiger partial charge in [0.15, 0.2) is 5.78 Å². The first-order valence-corrected chi connectivity index (χ1v) is 6.01. The molecular weight excluding hydrogens is 210 g/mol. The normalized spacial score (nSPS) is 11.8. The molecule has 0 heterocycles. The van der Waals surface area contributed by atoms with Crippen LogP contribution in [0.4, 0.5) is 0 Å². The zero-order valence-electron chi connectivity index (χ0n) is 11.6. The Bertz CT molecular complexity index is 484. The standard InChI is InChI=1S/C15H21NO/c1-7-13-10(3)15(12(5)17)9(2)8-14(13)11(4)16-6/h8H,7H2,1-6H3. The number of benzene rings is 1. The van der Waals surface area contributed by atoms with Gasteiger partial charge in [-0.3, -0.25) is 9.79 Å². The van der Waals surface area contributed by atoms with Crippen LogP contribution in [-0.2, 0) is 6.42 Å². The van der Waals surface area contributed by atoms with Crippen molar-refractivity contribution in [3.8, 4) is 0 Å². The Morgan fingerprint density at radius 2 is 1.88 bits per heavy atom. The highest BCUT2D eigenvalue weighted by Crippen LogP contribution is 2.24. The third-order valence-corrected chi connectivity index (χ3v) is 3.34. The van der Waals surface area contributed by atoms with Crippen molar-refractivity contribution < 1.29 is 4.79 Å². The quantitative estimate of drug-likeness (QED) is 0.578. The fourth-order valence-corrected chi connectivity index (χ4v) is 2.47. The van der Waals surface area contributed by atoms with E-state index >= 15 is 0 Å². The van der Waals surface area contributed by atoms with Gasteiger partial charge in [-0.15, -0.1) is 0 Å². The largest absolute Gasteiger partial charge is 0.294 e. The van der Waals surface area contributed by atoms with E-state index in [4.69, 9.17) is 0 Å². The molecule has 2 heteroatoms. The van der Waals surface area contributed by atoms with Gasteiger partial charge in [0.1, 0.15) is 0 Å². The predicted molar refractivity (Wildman–Crippen MR) is 73.4 cm³/mol. The lowest BCUT2D eigenvalue weighted by atomic mass is 9.88. The van der Waals surface area contributed by atoms with Crippen LogP contribution in [0.2, 0.25) is 0 Å². The van der Waals surface area contributed by atoms with Crippen LogP contribution in [0.1, 0.15) is 53.4 Å². The summed E-state index contributed by atoms with van der Waals surface area (Å²) in [4.78, 5) is 15.9. The van der Waals surface area contributed by atoms with Crippen molar-refractivity contribution in [3.63, 3.8) is 0 Å². The molecule has 0 bridgehead atoms. The Morgan fingerprint density at radius 1 is 1.29 bits per heavy atom. The minimum atomic E-state index is 0.146. The third kappa shape index (κ3) is 2.46. The molecule has 0 saturated heterocycles. The summed E-state index contributed by atoms with van der Waals surface area (Å²) >= 11 is 0. The lowest BCUT2D eigenvalue weighted by molar-refractivity contribution is 0.101. The average molecular weight is 231 g/mol. The molecule has 0 N–H and O–H groups in total. The van der Waals surface area contributed by atoms with E-state index in [2.05, 4.69) is 18.0 Å². The van der Waals surface area contributed by atoms with Crippen molar-refractivity contribution >= 4 is 11.5 Å². The maximum Gasteiger partial charge on any atom is 0.160 e. The van der Waals surface area contributed by atoms with Crippen molar-refractivity contribution in [3.05, 3.63) is 33.9 Å². The number of carbonyl (C=O) groups excluding carboxylic acids is 1. The highest BCUT2D eigenvalue weighted by molar-refractivity contribution is 6.03. The Morgan fingerprint density at radius 3 is 2.29 bits per heavy atom. The van der Waals surface area contributed by atoms with Crippen molar-refractivity contribution in [1.29, 1.82) is 0 Å². The number of aliphatic imine (C=N–C) groups is 1. The molecule has 1 rings (SSSR count). The zero-order valence-corrected chi connectivity index (χ0v) is 11.6. The van der Waals surface area contributed by atoms with Gasteiger partial charge in [0, 0.05) is 18.3 Å². The summed E-state index contributed by atoms with van der Waals surface area (Å²) in [5.41, 5.74) is 6.47. The van der Waals surface area contributed by atoms with E-state index in [1.165, 1.54) is 11.1 Å². The smallest absolute Gasteiger partial charge is 0.160 e. The zero-order chi connectivity index (χ0) is 13.2. The van der Waals surface area contributed by atoms with E-state index in [1.54, 1.807) is 14.0 Å². The van der Waals surface area contributed by atoms with Gasteiger partial charge in [-0.2, -0.15) is 0 Å². The van der Waals surface area contributed by atoms with E-state index in [9.17, 15) is 4.79 Å². The van der Waals surface area contributed by atoms with Gasteiger partial charge in [-0.1, -0.05) is 6.92 Å². The fraction of sp³-hybridized carbons (Fsp3) is 0.467. The molecule has 17 heavy (non-hydrogen) atoms. The van der Waals surface area contributed by atoms with Crippen LogP contribution in [0.3, 0.4) is 0 Å². The van der Waals surface area contributed by atoms with Crippen LogP contribution >= 0.6 is 0 Å². The van der Waals surface area contributed by atoms with Crippen LogP contribution in [0, 0.1) is 13.8 Å². The molecule has 0 saturated carbocycles. The summed E-state index contributed by atoms with van der Waals surface area (Å²) in [7, 11) is 1.80. The number of ketones is 1. The van der Waals surface area contributed by atoms with E-state index in [0.717, 1.165) is 28.8 Å². The number of Topliss-reactive ketones (excluding diaryl/α,β-unsaturated/α-hetero) is 1. The number of hydrogen-bond acceptors (Lipinski definition) is 2. The van der Waals surface area contributed by atoms with Crippen LogP contribution in [0.5, 0.6) is 0 Å². The van der Waals surface area contributed by atoms with Gasteiger partial charge in [0.25, 0.3) is 0 Å². The van der Waals surface area contributed by atoms with E-state index < -0.39 is 0 Å². The molecular formula is C15H21NO. The topological polar surface area (TPSA) is 29.4 Å². The lowest BCUT2D eigenvalue weighted by Crippen LogP contribution is -2.09.